The third-order valence-electron chi connectivity index (χ3n) is 6.57. The highest BCUT2D eigenvalue weighted by molar-refractivity contribution is 5.43. The van der Waals surface area contributed by atoms with Crippen molar-refractivity contribution in [2.75, 3.05) is 20.1 Å². The molecule has 1 heterocycles. The van der Waals surface area contributed by atoms with E-state index in [2.05, 4.69) is 66.5 Å². The Kier molecular flexibility index (Phi) is 5.83. The third kappa shape index (κ3) is 4.21. The smallest absolute Gasteiger partial charge is 0.123 e. The van der Waals surface area contributed by atoms with Crippen LogP contribution in [0.4, 0.5) is 0 Å². The first-order valence-electron chi connectivity index (χ1n) is 10.8. The van der Waals surface area contributed by atoms with E-state index in [0.29, 0.717) is 5.92 Å². The molecule has 2 nitrogen and oxygen atoms in total. The molecule has 2 aromatic rings. The van der Waals surface area contributed by atoms with Crippen molar-refractivity contribution in [2.45, 2.75) is 62.9 Å². The van der Waals surface area contributed by atoms with Gasteiger partial charge in [-0.1, -0.05) is 55.0 Å². The summed E-state index contributed by atoms with van der Waals surface area (Å²) < 4.78 is 6.60. The molecule has 2 aromatic carbocycles. The van der Waals surface area contributed by atoms with Gasteiger partial charge in [0.2, 0.25) is 0 Å². The maximum absolute atomic E-state index is 6.60. The van der Waals surface area contributed by atoms with Crippen LogP contribution in [-0.2, 0) is 6.42 Å². The molecule has 0 saturated heterocycles. The van der Waals surface area contributed by atoms with Crippen LogP contribution in [-0.4, -0.2) is 30.6 Å². The van der Waals surface area contributed by atoms with Gasteiger partial charge in [0.05, 0.1) is 0 Å². The molecule has 0 radical (unpaired) electrons. The fourth-order valence-corrected chi connectivity index (χ4v) is 5.16. The normalized spacial score (nSPS) is 23.7. The van der Waals surface area contributed by atoms with Crippen molar-refractivity contribution < 1.29 is 4.74 Å². The standard InChI is InChI=1S/C25H33NO/c1-26(19-9-13-21-11-3-2-4-12-21)20-10-18-25-17-8-7-15-23(25)22-14-5-6-16-24(22)27-25/h2-6,11-12,14,16,23H,7-10,13,15,17-20H2,1H3/t23-,25+/m1/s1. The molecule has 2 aliphatic rings. The molecule has 2 atom stereocenters. The third-order valence-corrected chi connectivity index (χ3v) is 6.57. The summed E-state index contributed by atoms with van der Waals surface area (Å²) >= 11 is 0. The summed E-state index contributed by atoms with van der Waals surface area (Å²) in [6, 6.07) is 19.6. The fraction of sp³-hybridized carbons (Fsp3) is 0.520. The summed E-state index contributed by atoms with van der Waals surface area (Å²) in [4.78, 5) is 2.50. The van der Waals surface area contributed by atoms with Crippen LogP contribution in [0.1, 0.15) is 62.0 Å². The topological polar surface area (TPSA) is 12.5 Å². The monoisotopic (exact) mass is 363 g/mol. The molecule has 0 aromatic heterocycles. The zero-order chi connectivity index (χ0) is 18.5. The fourth-order valence-electron chi connectivity index (χ4n) is 5.16. The van der Waals surface area contributed by atoms with Crippen molar-refractivity contribution in [1.29, 1.82) is 0 Å². The molecule has 1 aliphatic carbocycles. The summed E-state index contributed by atoms with van der Waals surface area (Å²) in [5.41, 5.74) is 2.99. The minimum absolute atomic E-state index is 0.0762. The first kappa shape index (κ1) is 18.6. The second kappa shape index (κ2) is 8.48. The molecule has 4 rings (SSSR count). The summed E-state index contributed by atoms with van der Waals surface area (Å²) in [5.74, 6) is 1.77. The van der Waals surface area contributed by atoms with E-state index in [1.165, 1.54) is 75.6 Å². The van der Waals surface area contributed by atoms with Crippen molar-refractivity contribution in [2.24, 2.45) is 0 Å². The molecule has 0 unspecified atom stereocenters. The maximum atomic E-state index is 6.60. The molecule has 0 bridgehead atoms. The quantitative estimate of drug-likeness (QED) is 0.586. The molecule has 2 heteroatoms. The van der Waals surface area contributed by atoms with Crippen LogP contribution in [0.3, 0.4) is 0 Å². The lowest BCUT2D eigenvalue weighted by molar-refractivity contribution is 0.0234. The average molecular weight is 364 g/mol. The van der Waals surface area contributed by atoms with Crippen LogP contribution in [0, 0.1) is 0 Å². The van der Waals surface area contributed by atoms with E-state index in [1.54, 1.807) is 0 Å². The van der Waals surface area contributed by atoms with Gasteiger partial charge in [-0.15, -0.1) is 0 Å². The van der Waals surface area contributed by atoms with Crippen LogP contribution >= 0.6 is 0 Å². The minimum atomic E-state index is 0.0762. The second-order valence-electron chi connectivity index (χ2n) is 8.50. The van der Waals surface area contributed by atoms with Gasteiger partial charge in [0.25, 0.3) is 0 Å². The van der Waals surface area contributed by atoms with Crippen molar-refractivity contribution in [1.82, 2.24) is 4.90 Å². The molecule has 27 heavy (non-hydrogen) atoms. The Bertz CT molecular complexity index is 728. The molecule has 0 N–H and O–H groups in total. The van der Waals surface area contributed by atoms with E-state index >= 15 is 0 Å². The summed E-state index contributed by atoms with van der Waals surface area (Å²) in [7, 11) is 2.27. The van der Waals surface area contributed by atoms with Gasteiger partial charge < -0.3 is 9.64 Å². The number of rotatable bonds is 8. The SMILES string of the molecule is CN(CCCc1ccccc1)CCC[C@@]12CCCC[C@@H]1c1ccccc1O2. The Hall–Kier alpha value is -1.80. The Labute approximate surface area is 164 Å². The van der Waals surface area contributed by atoms with Crippen molar-refractivity contribution >= 4 is 0 Å². The molecule has 144 valence electrons. The zero-order valence-corrected chi connectivity index (χ0v) is 16.7. The van der Waals surface area contributed by atoms with Crippen LogP contribution in [0.5, 0.6) is 5.75 Å². The largest absolute Gasteiger partial charge is 0.486 e. The van der Waals surface area contributed by atoms with Gasteiger partial charge in [-0.2, -0.15) is 0 Å². The lowest BCUT2D eigenvalue weighted by atomic mass is 9.71. The summed E-state index contributed by atoms with van der Waals surface area (Å²) in [6.07, 6.45) is 10.0. The van der Waals surface area contributed by atoms with E-state index in [9.17, 15) is 0 Å². The van der Waals surface area contributed by atoms with Crippen molar-refractivity contribution in [3.8, 4) is 5.75 Å². The molecule has 1 fully saturated rings. The highest BCUT2D eigenvalue weighted by Gasteiger charge is 2.48. The molecule has 1 saturated carbocycles. The predicted octanol–water partition coefficient (Wildman–Crippen LogP) is 5.82. The van der Waals surface area contributed by atoms with Gasteiger partial charge in [0.1, 0.15) is 11.4 Å². The van der Waals surface area contributed by atoms with Gasteiger partial charge >= 0.3 is 0 Å². The Morgan fingerprint density at radius 3 is 2.63 bits per heavy atom. The number of benzene rings is 2. The Morgan fingerprint density at radius 1 is 0.963 bits per heavy atom. The van der Waals surface area contributed by atoms with Crippen LogP contribution in [0.15, 0.2) is 54.6 Å². The minimum Gasteiger partial charge on any atom is -0.486 e. The molecule has 0 amide bonds. The predicted molar refractivity (Wildman–Crippen MR) is 113 cm³/mol. The number of ether oxygens (including phenoxy) is 1. The maximum Gasteiger partial charge on any atom is 0.123 e. The Balaban J connectivity index is 1.26. The summed E-state index contributed by atoms with van der Waals surface area (Å²) in [6.45, 7) is 2.34. The highest BCUT2D eigenvalue weighted by atomic mass is 16.5. The van der Waals surface area contributed by atoms with Crippen LogP contribution in [0.25, 0.3) is 0 Å². The van der Waals surface area contributed by atoms with E-state index in [0.717, 1.165) is 5.75 Å². The molecular formula is C25H33NO. The number of fused-ring (bicyclic) bond motifs is 3. The molecular weight excluding hydrogens is 330 g/mol. The van der Waals surface area contributed by atoms with E-state index in [1.807, 2.05) is 0 Å². The number of hydrogen-bond acceptors (Lipinski definition) is 2. The van der Waals surface area contributed by atoms with E-state index in [4.69, 9.17) is 4.74 Å². The number of nitrogens with zero attached hydrogens (tertiary/aromatic N) is 1. The number of hydrogen-bond donors (Lipinski definition) is 0. The lowest BCUT2D eigenvalue weighted by Crippen LogP contribution is -2.41. The molecule has 0 spiro atoms. The number of aryl methyl sites for hydroxylation is 1. The van der Waals surface area contributed by atoms with Crippen molar-refractivity contribution in [3.05, 3.63) is 65.7 Å². The summed E-state index contributed by atoms with van der Waals surface area (Å²) in [5, 5.41) is 0. The van der Waals surface area contributed by atoms with Gasteiger partial charge in [-0.3, -0.25) is 0 Å². The van der Waals surface area contributed by atoms with Crippen LogP contribution in [0.2, 0.25) is 0 Å². The van der Waals surface area contributed by atoms with Crippen LogP contribution < -0.4 is 4.74 Å². The van der Waals surface area contributed by atoms with Gasteiger partial charge in [-0.05, 0) is 76.7 Å². The Morgan fingerprint density at radius 2 is 1.74 bits per heavy atom. The average Bonchev–Trinajstić information content (AvgIpc) is 3.03. The highest BCUT2D eigenvalue weighted by Crippen LogP contribution is 2.53. The van der Waals surface area contributed by atoms with E-state index in [-0.39, 0.29) is 5.60 Å². The van der Waals surface area contributed by atoms with Gasteiger partial charge in [-0.25, -0.2) is 0 Å². The second-order valence-corrected chi connectivity index (χ2v) is 8.50. The lowest BCUT2D eigenvalue weighted by Gasteiger charge is -2.39. The first-order valence-corrected chi connectivity index (χ1v) is 10.8. The van der Waals surface area contributed by atoms with Gasteiger partial charge in [0, 0.05) is 11.5 Å². The number of para-hydroxylation sites is 1. The first-order chi connectivity index (χ1) is 13.3. The van der Waals surface area contributed by atoms with E-state index < -0.39 is 0 Å². The zero-order valence-electron chi connectivity index (χ0n) is 16.7. The van der Waals surface area contributed by atoms with Gasteiger partial charge in [0.15, 0.2) is 0 Å². The van der Waals surface area contributed by atoms with Crippen molar-refractivity contribution in [3.63, 3.8) is 0 Å². The molecule has 1 aliphatic heterocycles.